The van der Waals surface area contributed by atoms with Gasteiger partial charge in [-0.25, -0.2) is 0 Å². The Balaban J connectivity index is 1.23. The number of imide groups is 1. The SMILES string of the molecule is O=C1NC(=O)c2c(CCCCN3CCC(c4ccccc4)CC3)cccc21. The highest BCUT2D eigenvalue weighted by atomic mass is 16.2. The zero-order valence-electron chi connectivity index (χ0n) is 15.6. The molecule has 0 aromatic heterocycles. The summed E-state index contributed by atoms with van der Waals surface area (Å²) in [7, 11) is 0. The Labute approximate surface area is 160 Å². The van der Waals surface area contributed by atoms with E-state index in [4.69, 9.17) is 0 Å². The highest BCUT2D eigenvalue weighted by Gasteiger charge is 2.28. The number of nitrogens with one attached hydrogen (secondary N) is 1. The van der Waals surface area contributed by atoms with Crippen LogP contribution in [-0.4, -0.2) is 36.3 Å². The minimum absolute atomic E-state index is 0.242. The van der Waals surface area contributed by atoms with Crippen molar-refractivity contribution in [1.82, 2.24) is 10.2 Å². The van der Waals surface area contributed by atoms with Crippen LogP contribution in [0.25, 0.3) is 0 Å². The minimum atomic E-state index is -0.266. The summed E-state index contributed by atoms with van der Waals surface area (Å²) in [6.07, 6.45) is 5.48. The lowest BCUT2D eigenvalue weighted by atomic mass is 9.89. The van der Waals surface area contributed by atoms with Crippen molar-refractivity contribution >= 4 is 11.8 Å². The molecule has 1 saturated heterocycles. The molecule has 1 fully saturated rings. The van der Waals surface area contributed by atoms with E-state index in [9.17, 15) is 9.59 Å². The van der Waals surface area contributed by atoms with Gasteiger partial charge in [0, 0.05) is 0 Å². The standard InChI is InChI=1S/C23H26N2O2/c26-22-20-11-6-10-19(21(20)23(27)24-22)9-4-5-14-25-15-12-18(13-16-25)17-7-2-1-3-8-17/h1-3,6-8,10-11,18H,4-5,9,12-16H2,(H,24,26,27). The Bertz CT molecular complexity index is 824. The molecule has 0 saturated carbocycles. The Hall–Kier alpha value is -2.46. The zero-order chi connectivity index (χ0) is 18.6. The highest BCUT2D eigenvalue weighted by molar-refractivity contribution is 6.22. The normalized spacial score (nSPS) is 17.8. The van der Waals surface area contributed by atoms with Crippen molar-refractivity contribution in [3.05, 3.63) is 70.8 Å². The first-order valence-corrected chi connectivity index (χ1v) is 9.97. The third-order valence-electron chi connectivity index (χ3n) is 5.88. The first-order valence-electron chi connectivity index (χ1n) is 9.97. The summed E-state index contributed by atoms with van der Waals surface area (Å²) < 4.78 is 0. The maximum Gasteiger partial charge on any atom is 0.259 e. The number of carbonyl (C=O) groups excluding carboxylic acids is 2. The largest absolute Gasteiger partial charge is 0.303 e. The van der Waals surface area contributed by atoms with Crippen LogP contribution in [0, 0.1) is 0 Å². The topological polar surface area (TPSA) is 49.4 Å². The number of rotatable bonds is 6. The van der Waals surface area contributed by atoms with Crippen LogP contribution in [0.5, 0.6) is 0 Å². The van der Waals surface area contributed by atoms with Crippen LogP contribution in [0.3, 0.4) is 0 Å². The number of unbranched alkanes of at least 4 members (excludes halogenated alkanes) is 1. The molecule has 1 N–H and O–H groups in total. The fourth-order valence-electron chi connectivity index (χ4n) is 4.36. The minimum Gasteiger partial charge on any atom is -0.303 e. The van der Waals surface area contributed by atoms with E-state index in [1.165, 1.54) is 18.4 Å². The molecule has 0 atom stereocenters. The van der Waals surface area contributed by atoms with Gasteiger partial charge in [0.25, 0.3) is 11.8 Å². The lowest BCUT2D eigenvalue weighted by Crippen LogP contribution is -2.33. The highest BCUT2D eigenvalue weighted by Crippen LogP contribution is 2.28. The maximum absolute atomic E-state index is 12.0. The monoisotopic (exact) mass is 362 g/mol. The molecule has 0 spiro atoms. The maximum atomic E-state index is 12.0. The van der Waals surface area contributed by atoms with Crippen LogP contribution in [0.4, 0.5) is 0 Å². The molecule has 2 aliphatic rings. The number of aryl methyl sites for hydroxylation is 1. The van der Waals surface area contributed by atoms with Crippen molar-refractivity contribution < 1.29 is 9.59 Å². The average Bonchev–Trinajstić information content (AvgIpc) is 3.01. The van der Waals surface area contributed by atoms with Gasteiger partial charge in [0.2, 0.25) is 0 Å². The number of hydrogen-bond donors (Lipinski definition) is 1. The van der Waals surface area contributed by atoms with Gasteiger partial charge in [-0.15, -0.1) is 0 Å². The van der Waals surface area contributed by atoms with Gasteiger partial charge in [-0.2, -0.15) is 0 Å². The fraction of sp³-hybridized carbons (Fsp3) is 0.391. The summed E-state index contributed by atoms with van der Waals surface area (Å²) in [6.45, 7) is 3.44. The Morgan fingerprint density at radius 1 is 0.889 bits per heavy atom. The van der Waals surface area contributed by atoms with Crippen LogP contribution in [0.2, 0.25) is 0 Å². The smallest absolute Gasteiger partial charge is 0.259 e. The number of benzene rings is 2. The molecular weight excluding hydrogens is 336 g/mol. The van der Waals surface area contributed by atoms with Crippen LogP contribution >= 0.6 is 0 Å². The molecule has 0 radical (unpaired) electrons. The van der Waals surface area contributed by atoms with E-state index in [1.807, 2.05) is 12.1 Å². The molecule has 27 heavy (non-hydrogen) atoms. The van der Waals surface area contributed by atoms with Gasteiger partial charge in [-0.3, -0.25) is 14.9 Å². The molecule has 2 heterocycles. The van der Waals surface area contributed by atoms with Crippen LogP contribution in [0.15, 0.2) is 48.5 Å². The van der Waals surface area contributed by atoms with Gasteiger partial charge in [-0.1, -0.05) is 42.5 Å². The van der Waals surface area contributed by atoms with E-state index in [2.05, 4.69) is 40.5 Å². The molecule has 0 unspecified atom stereocenters. The number of nitrogens with zero attached hydrogens (tertiary/aromatic N) is 1. The molecule has 4 heteroatoms. The van der Waals surface area contributed by atoms with E-state index in [0.717, 1.165) is 44.5 Å². The Kier molecular flexibility index (Phi) is 5.35. The van der Waals surface area contributed by atoms with Gasteiger partial charge in [0.1, 0.15) is 0 Å². The van der Waals surface area contributed by atoms with Crippen molar-refractivity contribution in [2.75, 3.05) is 19.6 Å². The lowest BCUT2D eigenvalue weighted by molar-refractivity contribution is 0.0879. The first-order chi connectivity index (χ1) is 13.2. The molecule has 2 aromatic carbocycles. The van der Waals surface area contributed by atoms with E-state index in [0.29, 0.717) is 17.0 Å². The van der Waals surface area contributed by atoms with E-state index < -0.39 is 0 Å². The van der Waals surface area contributed by atoms with Crippen molar-refractivity contribution in [2.45, 2.75) is 38.0 Å². The summed E-state index contributed by atoms with van der Waals surface area (Å²) in [5, 5.41) is 2.40. The predicted molar refractivity (Wildman–Crippen MR) is 106 cm³/mol. The summed E-state index contributed by atoms with van der Waals surface area (Å²) in [4.78, 5) is 26.3. The quantitative estimate of drug-likeness (QED) is 0.629. The van der Waals surface area contributed by atoms with E-state index in [-0.39, 0.29) is 11.8 Å². The molecular formula is C23H26N2O2. The van der Waals surface area contributed by atoms with Crippen LogP contribution in [0.1, 0.15) is 63.4 Å². The Morgan fingerprint density at radius 2 is 1.67 bits per heavy atom. The fourth-order valence-corrected chi connectivity index (χ4v) is 4.36. The van der Waals surface area contributed by atoms with Gasteiger partial charge in [0.05, 0.1) is 11.1 Å². The lowest BCUT2D eigenvalue weighted by Gasteiger charge is -2.32. The number of amides is 2. The van der Waals surface area contributed by atoms with Gasteiger partial charge < -0.3 is 4.90 Å². The summed E-state index contributed by atoms with van der Waals surface area (Å²) in [6, 6.07) is 16.4. The number of carbonyl (C=O) groups is 2. The van der Waals surface area contributed by atoms with Gasteiger partial charge in [-0.05, 0) is 74.8 Å². The third-order valence-corrected chi connectivity index (χ3v) is 5.88. The zero-order valence-corrected chi connectivity index (χ0v) is 15.6. The molecule has 2 aromatic rings. The molecule has 0 aliphatic carbocycles. The second kappa shape index (κ2) is 8.05. The van der Waals surface area contributed by atoms with Crippen molar-refractivity contribution in [2.24, 2.45) is 0 Å². The average molecular weight is 362 g/mol. The second-order valence-corrected chi connectivity index (χ2v) is 7.61. The van der Waals surface area contributed by atoms with Gasteiger partial charge >= 0.3 is 0 Å². The molecule has 0 bridgehead atoms. The molecule has 2 amide bonds. The molecule has 2 aliphatic heterocycles. The van der Waals surface area contributed by atoms with Crippen LogP contribution in [-0.2, 0) is 6.42 Å². The number of hydrogen-bond acceptors (Lipinski definition) is 3. The third kappa shape index (κ3) is 3.96. The number of likely N-dealkylation sites (tertiary alicyclic amines) is 1. The molecule has 4 rings (SSSR count). The van der Waals surface area contributed by atoms with Crippen LogP contribution < -0.4 is 5.32 Å². The second-order valence-electron chi connectivity index (χ2n) is 7.61. The first kappa shape index (κ1) is 17.9. The molecule has 140 valence electrons. The summed E-state index contributed by atoms with van der Waals surface area (Å²) in [5.74, 6) is 0.192. The summed E-state index contributed by atoms with van der Waals surface area (Å²) in [5.41, 5.74) is 3.59. The van der Waals surface area contributed by atoms with Gasteiger partial charge in [0.15, 0.2) is 0 Å². The van der Waals surface area contributed by atoms with E-state index >= 15 is 0 Å². The Morgan fingerprint density at radius 3 is 2.44 bits per heavy atom. The predicted octanol–water partition coefficient (Wildman–Crippen LogP) is 3.77. The molecule has 4 nitrogen and oxygen atoms in total. The summed E-state index contributed by atoms with van der Waals surface area (Å²) >= 11 is 0. The van der Waals surface area contributed by atoms with E-state index in [1.54, 1.807) is 6.07 Å². The van der Waals surface area contributed by atoms with Crippen molar-refractivity contribution in [3.63, 3.8) is 0 Å². The van der Waals surface area contributed by atoms with Crippen molar-refractivity contribution in [1.29, 1.82) is 0 Å². The van der Waals surface area contributed by atoms with Crippen molar-refractivity contribution in [3.8, 4) is 0 Å². The number of piperidine rings is 1. The number of fused-ring (bicyclic) bond motifs is 1.